The van der Waals surface area contributed by atoms with Gasteiger partial charge in [-0.15, -0.1) is 0 Å². The van der Waals surface area contributed by atoms with Crippen LogP contribution in [-0.4, -0.2) is 5.16 Å². The van der Waals surface area contributed by atoms with Crippen molar-refractivity contribution >= 4 is 23.7 Å². The summed E-state index contributed by atoms with van der Waals surface area (Å²) in [6.07, 6.45) is 0. The first-order chi connectivity index (χ1) is 14.8. The van der Waals surface area contributed by atoms with Gasteiger partial charge in [0.2, 0.25) is 7.29 Å². The van der Waals surface area contributed by atoms with Crippen molar-refractivity contribution in [1.29, 1.82) is 0 Å². The first kappa shape index (κ1) is 24.3. The summed E-state index contributed by atoms with van der Waals surface area (Å²) < 4.78 is 20.9. The molecule has 0 saturated carbocycles. The standard InChI is InChI=1S/C27H37N2O2P/c1-13-15(3)19(7)25(20(8)16(13)4)32(30,29-27-23(11)24(12)31-28-27)26-21(9)17(5)14(2)18(6)22(26)10/h1-12H3,(H,28,29,30). The highest BCUT2D eigenvalue weighted by Crippen LogP contribution is 2.49. The zero-order valence-electron chi connectivity index (χ0n) is 21.7. The molecule has 1 N–H and O–H groups in total. The smallest absolute Gasteiger partial charge is 0.229 e. The zero-order valence-corrected chi connectivity index (χ0v) is 22.6. The van der Waals surface area contributed by atoms with Crippen LogP contribution in [-0.2, 0) is 4.57 Å². The van der Waals surface area contributed by atoms with Crippen LogP contribution in [0.15, 0.2) is 4.52 Å². The molecule has 0 fully saturated rings. The fourth-order valence-corrected chi connectivity index (χ4v) is 8.31. The molecule has 0 aliphatic heterocycles. The Kier molecular flexibility index (Phi) is 6.25. The average Bonchev–Trinajstić information content (AvgIpc) is 3.05. The van der Waals surface area contributed by atoms with Crippen LogP contribution in [0.3, 0.4) is 0 Å². The Morgan fingerprint density at radius 3 is 1.12 bits per heavy atom. The van der Waals surface area contributed by atoms with E-state index >= 15 is 4.57 Å². The van der Waals surface area contributed by atoms with Gasteiger partial charge in [0, 0.05) is 16.2 Å². The molecule has 0 saturated heterocycles. The molecule has 0 aliphatic carbocycles. The number of anilines is 1. The fourth-order valence-electron chi connectivity index (χ4n) is 4.80. The van der Waals surface area contributed by atoms with E-state index in [1.807, 2.05) is 13.8 Å². The highest BCUT2D eigenvalue weighted by atomic mass is 31.2. The third kappa shape index (κ3) is 3.44. The molecular formula is C27H37N2O2P. The van der Waals surface area contributed by atoms with Gasteiger partial charge < -0.3 is 9.61 Å². The number of aryl methyl sites for hydroxylation is 1. The van der Waals surface area contributed by atoms with E-state index in [0.717, 1.165) is 44.2 Å². The van der Waals surface area contributed by atoms with Crippen molar-refractivity contribution in [2.75, 3.05) is 5.09 Å². The number of benzene rings is 2. The Balaban J connectivity index is 2.53. The van der Waals surface area contributed by atoms with Gasteiger partial charge in [0.25, 0.3) is 0 Å². The minimum absolute atomic E-state index is 0.551. The molecule has 0 atom stereocenters. The predicted molar refractivity (Wildman–Crippen MR) is 137 cm³/mol. The number of hydrogen-bond donors (Lipinski definition) is 1. The highest BCUT2D eigenvalue weighted by molar-refractivity contribution is 7.80. The highest BCUT2D eigenvalue weighted by Gasteiger charge is 2.37. The lowest BCUT2D eigenvalue weighted by atomic mass is 9.95. The quantitative estimate of drug-likeness (QED) is 0.447. The van der Waals surface area contributed by atoms with Gasteiger partial charge in [-0.25, -0.2) is 0 Å². The zero-order chi connectivity index (χ0) is 24.3. The first-order valence-corrected chi connectivity index (χ1v) is 12.9. The topological polar surface area (TPSA) is 55.1 Å². The van der Waals surface area contributed by atoms with Gasteiger partial charge in [0.1, 0.15) is 5.76 Å². The van der Waals surface area contributed by atoms with Crippen LogP contribution in [0.1, 0.15) is 67.0 Å². The normalized spacial score (nSPS) is 11.9. The number of nitrogens with one attached hydrogen (secondary N) is 1. The van der Waals surface area contributed by atoms with Crippen molar-refractivity contribution in [2.45, 2.75) is 83.1 Å². The second-order valence-corrected chi connectivity index (χ2v) is 11.7. The maximum Gasteiger partial charge on any atom is 0.229 e. The maximum absolute atomic E-state index is 15.5. The van der Waals surface area contributed by atoms with Crippen molar-refractivity contribution in [1.82, 2.24) is 5.16 Å². The molecule has 0 radical (unpaired) electrons. The van der Waals surface area contributed by atoms with Crippen molar-refractivity contribution in [3.63, 3.8) is 0 Å². The van der Waals surface area contributed by atoms with E-state index in [2.05, 4.69) is 79.5 Å². The average molecular weight is 453 g/mol. The summed E-state index contributed by atoms with van der Waals surface area (Å²) in [5.74, 6) is 1.28. The number of nitrogens with zero attached hydrogens (tertiary/aromatic N) is 1. The van der Waals surface area contributed by atoms with Crippen LogP contribution in [0.5, 0.6) is 0 Å². The maximum atomic E-state index is 15.5. The number of hydrogen-bond acceptors (Lipinski definition) is 3. The van der Waals surface area contributed by atoms with Crippen molar-refractivity contribution in [3.8, 4) is 0 Å². The van der Waals surface area contributed by atoms with E-state index in [0.29, 0.717) is 5.82 Å². The van der Waals surface area contributed by atoms with Crippen LogP contribution >= 0.6 is 7.29 Å². The Labute approximate surface area is 193 Å². The van der Waals surface area contributed by atoms with Crippen LogP contribution in [0, 0.1) is 83.1 Å². The van der Waals surface area contributed by atoms with Crippen LogP contribution in [0.4, 0.5) is 5.82 Å². The van der Waals surface area contributed by atoms with E-state index in [-0.39, 0.29) is 0 Å². The Hall–Kier alpha value is -2.32. The molecule has 3 aromatic rings. The third-order valence-electron chi connectivity index (χ3n) is 7.97. The van der Waals surface area contributed by atoms with E-state index in [1.54, 1.807) is 0 Å². The first-order valence-electron chi connectivity index (χ1n) is 11.2. The minimum atomic E-state index is -3.33. The molecule has 32 heavy (non-hydrogen) atoms. The summed E-state index contributed by atoms with van der Waals surface area (Å²) in [7, 11) is -3.33. The summed E-state index contributed by atoms with van der Waals surface area (Å²) in [5.41, 5.74) is 12.5. The molecule has 4 nitrogen and oxygen atoms in total. The molecule has 0 bridgehead atoms. The third-order valence-corrected chi connectivity index (χ3v) is 11.1. The van der Waals surface area contributed by atoms with E-state index in [1.165, 1.54) is 33.4 Å². The van der Waals surface area contributed by atoms with Crippen molar-refractivity contribution in [2.24, 2.45) is 0 Å². The molecule has 1 aromatic heterocycles. The van der Waals surface area contributed by atoms with Gasteiger partial charge in [-0.3, -0.25) is 4.57 Å². The van der Waals surface area contributed by atoms with Crippen LogP contribution < -0.4 is 15.7 Å². The molecule has 172 valence electrons. The lowest BCUT2D eigenvalue weighted by Gasteiger charge is -2.31. The summed E-state index contributed by atoms with van der Waals surface area (Å²) in [4.78, 5) is 0. The SMILES string of the molecule is Cc1onc(NP(=O)(c2c(C)c(C)c(C)c(C)c2C)c2c(C)c(C)c(C)c(C)c2C)c1C. The van der Waals surface area contributed by atoms with Gasteiger partial charge in [-0.1, -0.05) is 5.16 Å². The molecule has 0 spiro atoms. The molecular weight excluding hydrogens is 415 g/mol. The lowest BCUT2D eigenvalue weighted by Crippen LogP contribution is -2.32. The van der Waals surface area contributed by atoms with Crippen molar-refractivity contribution in [3.05, 3.63) is 67.0 Å². The molecule has 3 rings (SSSR count). The fraction of sp³-hybridized carbons (Fsp3) is 0.444. The number of aromatic nitrogens is 1. The summed E-state index contributed by atoms with van der Waals surface area (Å²) in [6, 6.07) is 0. The monoisotopic (exact) mass is 452 g/mol. The molecule has 0 amide bonds. The van der Waals surface area contributed by atoms with E-state index in [9.17, 15) is 0 Å². The molecule has 1 heterocycles. The Morgan fingerprint density at radius 2 is 0.844 bits per heavy atom. The van der Waals surface area contributed by atoms with Crippen LogP contribution in [0.2, 0.25) is 0 Å². The van der Waals surface area contributed by atoms with Crippen molar-refractivity contribution < 1.29 is 9.09 Å². The molecule has 2 aromatic carbocycles. The minimum Gasteiger partial charge on any atom is -0.359 e. The molecule has 0 unspecified atom stereocenters. The largest absolute Gasteiger partial charge is 0.359 e. The summed E-state index contributed by atoms with van der Waals surface area (Å²) >= 11 is 0. The Bertz CT molecular complexity index is 1170. The van der Waals surface area contributed by atoms with E-state index < -0.39 is 7.29 Å². The second kappa shape index (κ2) is 8.23. The van der Waals surface area contributed by atoms with Gasteiger partial charge in [-0.2, -0.15) is 0 Å². The summed E-state index contributed by atoms with van der Waals surface area (Å²) in [6.45, 7) is 25.0. The van der Waals surface area contributed by atoms with Gasteiger partial charge in [0.15, 0.2) is 5.82 Å². The summed E-state index contributed by atoms with van der Waals surface area (Å²) in [5, 5.41) is 9.47. The predicted octanol–water partition coefficient (Wildman–Crippen LogP) is 6.72. The Morgan fingerprint density at radius 1 is 0.531 bits per heavy atom. The van der Waals surface area contributed by atoms with Crippen LogP contribution in [0.25, 0.3) is 0 Å². The van der Waals surface area contributed by atoms with Gasteiger partial charge >= 0.3 is 0 Å². The second-order valence-electron chi connectivity index (χ2n) is 9.38. The van der Waals surface area contributed by atoms with Gasteiger partial charge in [-0.05, 0) is 139 Å². The molecule has 5 heteroatoms. The lowest BCUT2D eigenvalue weighted by molar-refractivity contribution is 0.399. The van der Waals surface area contributed by atoms with Gasteiger partial charge in [0.05, 0.1) is 0 Å². The van der Waals surface area contributed by atoms with E-state index in [4.69, 9.17) is 4.52 Å². The molecule has 0 aliphatic rings. The number of rotatable bonds is 4.